The third-order valence-corrected chi connectivity index (χ3v) is 3.70. The molecule has 1 atom stereocenters. The molecule has 20 heavy (non-hydrogen) atoms. The van der Waals surface area contributed by atoms with Crippen LogP contribution in [0.15, 0.2) is 30.5 Å². The van der Waals surface area contributed by atoms with Crippen molar-refractivity contribution < 1.29 is 4.74 Å². The summed E-state index contributed by atoms with van der Waals surface area (Å²) in [5, 5.41) is 8.55. The molecule has 1 aliphatic heterocycles. The summed E-state index contributed by atoms with van der Waals surface area (Å²) in [5.74, 6) is 0.964. The van der Waals surface area contributed by atoms with E-state index in [0.717, 1.165) is 42.4 Å². The Morgan fingerprint density at radius 3 is 3.15 bits per heavy atom. The Bertz CT molecular complexity index is 597. The number of benzene rings is 1. The van der Waals surface area contributed by atoms with E-state index in [9.17, 15) is 0 Å². The highest BCUT2D eigenvalue weighted by atomic mass is 35.5. The lowest BCUT2D eigenvalue weighted by atomic mass is 10.1. The van der Waals surface area contributed by atoms with Gasteiger partial charge in [-0.25, -0.2) is 0 Å². The van der Waals surface area contributed by atoms with Crippen molar-refractivity contribution in [2.45, 2.75) is 18.9 Å². The van der Waals surface area contributed by atoms with E-state index in [0.29, 0.717) is 0 Å². The molecule has 1 aliphatic rings. The fourth-order valence-electron chi connectivity index (χ4n) is 2.48. The summed E-state index contributed by atoms with van der Waals surface area (Å²) < 4.78 is 7.71. The van der Waals surface area contributed by atoms with Gasteiger partial charge >= 0.3 is 0 Å². The molecule has 1 aromatic carbocycles. The molecule has 4 nitrogen and oxygen atoms in total. The minimum absolute atomic E-state index is 0.201. The Hall–Kier alpha value is -1.52. The first-order valence-corrected chi connectivity index (χ1v) is 7.23. The van der Waals surface area contributed by atoms with Gasteiger partial charge in [-0.2, -0.15) is 5.10 Å². The van der Waals surface area contributed by atoms with Gasteiger partial charge in [0.1, 0.15) is 11.9 Å². The van der Waals surface area contributed by atoms with E-state index < -0.39 is 0 Å². The number of hydrogen-bond acceptors (Lipinski definition) is 3. The number of halogens is 1. The predicted molar refractivity (Wildman–Crippen MR) is 79.4 cm³/mol. The number of ether oxygens (including phenoxy) is 1. The lowest BCUT2D eigenvalue weighted by molar-refractivity contribution is 0.228. The molecule has 0 amide bonds. The van der Waals surface area contributed by atoms with Crippen molar-refractivity contribution in [3.8, 4) is 5.75 Å². The first-order chi connectivity index (χ1) is 9.70. The summed E-state index contributed by atoms with van der Waals surface area (Å²) in [6.45, 7) is 1.76. The van der Waals surface area contributed by atoms with E-state index in [1.54, 1.807) is 0 Å². The highest BCUT2D eigenvalue weighted by molar-refractivity contribution is 6.30. The van der Waals surface area contributed by atoms with Crippen LogP contribution >= 0.6 is 11.6 Å². The number of aryl methyl sites for hydroxylation is 1. The van der Waals surface area contributed by atoms with Gasteiger partial charge in [0.2, 0.25) is 0 Å². The summed E-state index contributed by atoms with van der Waals surface area (Å²) in [7, 11) is 1.94. The fourth-order valence-corrected chi connectivity index (χ4v) is 2.67. The Morgan fingerprint density at radius 1 is 1.45 bits per heavy atom. The zero-order valence-electron chi connectivity index (χ0n) is 11.5. The van der Waals surface area contributed by atoms with Crippen LogP contribution in [0.2, 0.25) is 5.02 Å². The molecule has 106 valence electrons. The monoisotopic (exact) mass is 291 g/mol. The minimum atomic E-state index is 0.201. The maximum atomic E-state index is 5.99. The van der Waals surface area contributed by atoms with Crippen molar-refractivity contribution in [1.29, 1.82) is 0 Å². The van der Waals surface area contributed by atoms with Crippen LogP contribution in [-0.2, 0) is 19.9 Å². The summed E-state index contributed by atoms with van der Waals surface area (Å²) in [6.07, 6.45) is 4.03. The topological polar surface area (TPSA) is 39.1 Å². The molecule has 0 spiro atoms. The van der Waals surface area contributed by atoms with Gasteiger partial charge in [0.05, 0.1) is 5.69 Å². The third-order valence-electron chi connectivity index (χ3n) is 3.46. The Morgan fingerprint density at radius 2 is 2.35 bits per heavy atom. The second kappa shape index (κ2) is 5.85. The number of fused-ring (bicyclic) bond motifs is 1. The largest absolute Gasteiger partial charge is 0.488 e. The van der Waals surface area contributed by atoms with Gasteiger partial charge in [-0.15, -0.1) is 0 Å². The highest BCUT2D eigenvalue weighted by Crippen LogP contribution is 2.30. The smallest absolute Gasteiger partial charge is 0.123 e. The highest BCUT2D eigenvalue weighted by Gasteiger charge is 2.22. The molecule has 5 heteroatoms. The van der Waals surface area contributed by atoms with Gasteiger partial charge in [-0.1, -0.05) is 11.6 Å². The zero-order valence-corrected chi connectivity index (χ0v) is 12.2. The van der Waals surface area contributed by atoms with E-state index in [4.69, 9.17) is 16.3 Å². The lowest BCUT2D eigenvalue weighted by Gasteiger charge is -2.11. The number of aromatic nitrogens is 2. The zero-order chi connectivity index (χ0) is 13.9. The first-order valence-electron chi connectivity index (χ1n) is 6.85. The standard InChI is InChI=1S/C15H18ClN3O/c1-19-7-5-13(18-19)4-6-17-10-14-9-11-8-12(16)2-3-15(11)20-14/h2-3,5,7-8,14,17H,4,6,9-10H2,1H3. The summed E-state index contributed by atoms with van der Waals surface area (Å²) in [5.41, 5.74) is 2.32. The lowest BCUT2D eigenvalue weighted by Crippen LogP contribution is -2.31. The number of hydrogen-bond donors (Lipinski definition) is 1. The van der Waals surface area contributed by atoms with E-state index >= 15 is 0 Å². The number of nitrogens with one attached hydrogen (secondary N) is 1. The van der Waals surface area contributed by atoms with Crippen molar-refractivity contribution >= 4 is 11.6 Å². The van der Waals surface area contributed by atoms with Gasteiger partial charge in [0, 0.05) is 44.2 Å². The molecular formula is C15H18ClN3O. The van der Waals surface area contributed by atoms with Crippen molar-refractivity contribution in [1.82, 2.24) is 15.1 Å². The van der Waals surface area contributed by atoms with Crippen LogP contribution in [0.3, 0.4) is 0 Å². The molecular weight excluding hydrogens is 274 g/mol. The van der Waals surface area contributed by atoms with Gasteiger partial charge in [0.15, 0.2) is 0 Å². The predicted octanol–water partition coefficient (Wildman–Crippen LogP) is 2.21. The molecule has 0 saturated heterocycles. The van der Waals surface area contributed by atoms with Crippen LogP contribution in [0, 0.1) is 0 Å². The third kappa shape index (κ3) is 3.14. The van der Waals surface area contributed by atoms with E-state index in [1.165, 1.54) is 5.56 Å². The average molecular weight is 292 g/mol. The molecule has 0 aliphatic carbocycles. The summed E-state index contributed by atoms with van der Waals surface area (Å²) in [4.78, 5) is 0. The van der Waals surface area contributed by atoms with Crippen molar-refractivity contribution in [2.75, 3.05) is 13.1 Å². The molecule has 0 saturated carbocycles. The quantitative estimate of drug-likeness (QED) is 0.859. The summed E-state index contributed by atoms with van der Waals surface area (Å²) >= 11 is 5.99. The molecule has 1 aromatic heterocycles. The van der Waals surface area contributed by atoms with Gasteiger partial charge in [-0.05, 0) is 29.8 Å². The molecule has 0 fully saturated rings. The van der Waals surface area contributed by atoms with Gasteiger partial charge in [0.25, 0.3) is 0 Å². The molecule has 2 aromatic rings. The van der Waals surface area contributed by atoms with Crippen LogP contribution in [-0.4, -0.2) is 29.0 Å². The van der Waals surface area contributed by atoms with E-state index in [1.807, 2.05) is 42.2 Å². The molecule has 1 unspecified atom stereocenters. The Labute approximate surface area is 123 Å². The Kier molecular flexibility index (Phi) is 3.94. The second-order valence-electron chi connectivity index (χ2n) is 5.13. The summed E-state index contributed by atoms with van der Waals surface area (Å²) in [6, 6.07) is 7.86. The van der Waals surface area contributed by atoms with Crippen molar-refractivity contribution in [2.24, 2.45) is 7.05 Å². The second-order valence-corrected chi connectivity index (χ2v) is 5.57. The molecule has 0 bridgehead atoms. The van der Waals surface area contributed by atoms with E-state index in [2.05, 4.69) is 10.4 Å². The van der Waals surface area contributed by atoms with Crippen LogP contribution < -0.4 is 10.1 Å². The van der Waals surface area contributed by atoms with Gasteiger partial charge in [-0.3, -0.25) is 4.68 Å². The Balaban J connectivity index is 1.42. The molecule has 2 heterocycles. The normalized spacial score (nSPS) is 17.0. The molecule has 0 radical (unpaired) electrons. The average Bonchev–Trinajstić information content (AvgIpc) is 3.00. The van der Waals surface area contributed by atoms with E-state index in [-0.39, 0.29) is 6.10 Å². The van der Waals surface area contributed by atoms with Crippen LogP contribution in [0.1, 0.15) is 11.3 Å². The van der Waals surface area contributed by atoms with Crippen LogP contribution in [0.4, 0.5) is 0 Å². The SMILES string of the molecule is Cn1ccc(CCNCC2Cc3cc(Cl)ccc3O2)n1. The molecule has 3 rings (SSSR count). The van der Waals surface area contributed by atoms with Crippen LogP contribution in [0.25, 0.3) is 0 Å². The maximum absolute atomic E-state index is 5.99. The first kappa shape index (κ1) is 13.5. The fraction of sp³-hybridized carbons (Fsp3) is 0.400. The maximum Gasteiger partial charge on any atom is 0.123 e. The molecule has 1 N–H and O–H groups in total. The van der Waals surface area contributed by atoms with Crippen molar-refractivity contribution in [3.63, 3.8) is 0 Å². The minimum Gasteiger partial charge on any atom is -0.488 e. The van der Waals surface area contributed by atoms with Crippen molar-refractivity contribution in [3.05, 3.63) is 46.7 Å². The number of rotatable bonds is 5. The van der Waals surface area contributed by atoms with Gasteiger partial charge < -0.3 is 10.1 Å². The van der Waals surface area contributed by atoms with Crippen LogP contribution in [0.5, 0.6) is 5.75 Å². The number of nitrogens with zero attached hydrogens (tertiary/aromatic N) is 2.